The zero-order chi connectivity index (χ0) is 11.8. The molecule has 0 saturated heterocycles. The van der Waals surface area contributed by atoms with Crippen molar-refractivity contribution in [2.45, 2.75) is 45.2 Å². The topological polar surface area (TPSA) is 55.9 Å². The maximum absolute atomic E-state index is 5.79. The standard InChI is InChI=1S/C13H22N4/c1-2-17-11(7-8-15-17)13(16-14)12-9-5-3-4-6-10(9)12/h7-10,12-13,16H,2-6,14H2,1H3. The quantitative estimate of drug-likeness (QED) is 0.617. The third-order valence-corrected chi connectivity index (χ3v) is 4.65. The van der Waals surface area contributed by atoms with Crippen molar-refractivity contribution in [1.29, 1.82) is 0 Å². The van der Waals surface area contributed by atoms with Crippen molar-refractivity contribution in [3.05, 3.63) is 18.0 Å². The summed E-state index contributed by atoms with van der Waals surface area (Å²) in [6.45, 7) is 3.05. The second-order valence-corrected chi connectivity index (χ2v) is 5.41. The van der Waals surface area contributed by atoms with Crippen molar-refractivity contribution in [1.82, 2.24) is 15.2 Å². The number of nitrogens with two attached hydrogens (primary N) is 1. The fourth-order valence-corrected chi connectivity index (χ4v) is 3.81. The highest BCUT2D eigenvalue weighted by Gasteiger charge is 2.54. The van der Waals surface area contributed by atoms with E-state index in [0.29, 0.717) is 6.04 Å². The molecule has 4 heteroatoms. The van der Waals surface area contributed by atoms with Crippen LogP contribution in [0.15, 0.2) is 12.3 Å². The van der Waals surface area contributed by atoms with Gasteiger partial charge in [-0.15, -0.1) is 0 Å². The van der Waals surface area contributed by atoms with Gasteiger partial charge in [-0.1, -0.05) is 12.8 Å². The highest BCUT2D eigenvalue weighted by molar-refractivity contribution is 5.15. The highest BCUT2D eigenvalue weighted by atomic mass is 15.3. The first kappa shape index (κ1) is 11.2. The SMILES string of the molecule is CCn1nccc1C(NN)C1C2CCCCC21. The van der Waals surface area contributed by atoms with E-state index in [4.69, 9.17) is 5.84 Å². The molecule has 0 spiro atoms. The number of nitrogens with one attached hydrogen (secondary N) is 1. The zero-order valence-corrected chi connectivity index (χ0v) is 10.5. The van der Waals surface area contributed by atoms with Crippen molar-refractivity contribution in [2.24, 2.45) is 23.6 Å². The molecule has 94 valence electrons. The first-order chi connectivity index (χ1) is 8.36. The van der Waals surface area contributed by atoms with Crippen LogP contribution in [0.3, 0.4) is 0 Å². The summed E-state index contributed by atoms with van der Waals surface area (Å²) in [5, 5.41) is 4.35. The molecule has 3 rings (SSSR count). The number of rotatable bonds is 4. The molecule has 0 aliphatic heterocycles. The van der Waals surface area contributed by atoms with Crippen LogP contribution in [0.5, 0.6) is 0 Å². The number of hydrogen-bond acceptors (Lipinski definition) is 3. The molecule has 2 saturated carbocycles. The minimum Gasteiger partial charge on any atom is -0.271 e. The van der Waals surface area contributed by atoms with Gasteiger partial charge >= 0.3 is 0 Å². The van der Waals surface area contributed by atoms with E-state index < -0.39 is 0 Å². The van der Waals surface area contributed by atoms with Gasteiger partial charge in [0.2, 0.25) is 0 Å². The predicted octanol–water partition coefficient (Wildman–Crippen LogP) is 1.84. The molecule has 1 heterocycles. The van der Waals surface area contributed by atoms with Crippen LogP contribution in [0.2, 0.25) is 0 Å². The van der Waals surface area contributed by atoms with Gasteiger partial charge in [0.25, 0.3) is 0 Å². The predicted molar refractivity (Wildman–Crippen MR) is 66.9 cm³/mol. The van der Waals surface area contributed by atoms with E-state index in [0.717, 1.165) is 24.3 Å². The van der Waals surface area contributed by atoms with Crippen molar-refractivity contribution in [3.8, 4) is 0 Å². The van der Waals surface area contributed by atoms with Gasteiger partial charge in [0.15, 0.2) is 0 Å². The lowest BCUT2D eigenvalue weighted by Crippen LogP contribution is -2.32. The Balaban J connectivity index is 1.80. The van der Waals surface area contributed by atoms with E-state index in [9.17, 15) is 0 Å². The molecule has 2 aliphatic carbocycles. The summed E-state index contributed by atoms with van der Waals surface area (Å²) in [6.07, 6.45) is 7.49. The van der Waals surface area contributed by atoms with Crippen molar-refractivity contribution < 1.29 is 0 Å². The van der Waals surface area contributed by atoms with Gasteiger partial charge < -0.3 is 0 Å². The van der Waals surface area contributed by atoms with Crippen LogP contribution in [0.25, 0.3) is 0 Å². The van der Waals surface area contributed by atoms with E-state index in [-0.39, 0.29) is 0 Å². The summed E-state index contributed by atoms with van der Waals surface area (Å²) in [4.78, 5) is 0. The number of hydrazine groups is 1. The van der Waals surface area contributed by atoms with Crippen molar-refractivity contribution in [3.63, 3.8) is 0 Å². The molecule has 0 amide bonds. The minimum atomic E-state index is 0.297. The van der Waals surface area contributed by atoms with Crippen LogP contribution in [0.4, 0.5) is 0 Å². The molecular formula is C13H22N4. The third-order valence-electron chi connectivity index (χ3n) is 4.65. The second-order valence-electron chi connectivity index (χ2n) is 5.41. The van der Waals surface area contributed by atoms with Gasteiger partial charge in [-0.3, -0.25) is 16.0 Å². The van der Waals surface area contributed by atoms with E-state index in [1.54, 1.807) is 0 Å². The zero-order valence-electron chi connectivity index (χ0n) is 10.5. The van der Waals surface area contributed by atoms with E-state index in [1.165, 1.54) is 31.4 Å². The Morgan fingerprint density at radius 1 is 1.47 bits per heavy atom. The van der Waals surface area contributed by atoms with E-state index >= 15 is 0 Å². The average Bonchev–Trinajstić information content (AvgIpc) is 2.89. The molecule has 3 unspecified atom stereocenters. The second kappa shape index (κ2) is 4.42. The number of nitrogens with zero attached hydrogens (tertiary/aromatic N) is 2. The lowest BCUT2D eigenvalue weighted by atomic mass is 10.0. The summed E-state index contributed by atoms with van der Waals surface area (Å²) < 4.78 is 2.06. The van der Waals surface area contributed by atoms with Gasteiger partial charge in [-0.2, -0.15) is 5.10 Å². The minimum absolute atomic E-state index is 0.297. The molecule has 2 aliphatic rings. The lowest BCUT2D eigenvalue weighted by molar-refractivity contribution is 0.420. The summed E-state index contributed by atoms with van der Waals surface area (Å²) in [5.41, 5.74) is 4.30. The largest absolute Gasteiger partial charge is 0.271 e. The van der Waals surface area contributed by atoms with Crippen LogP contribution in [0.1, 0.15) is 44.3 Å². The lowest BCUT2D eigenvalue weighted by Gasteiger charge is -2.17. The number of aromatic nitrogens is 2. The number of fused-ring (bicyclic) bond motifs is 1. The van der Waals surface area contributed by atoms with Crippen LogP contribution >= 0.6 is 0 Å². The first-order valence-electron chi connectivity index (χ1n) is 6.84. The monoisotopic (exact) mass is 234 g/mol. The van der Waals surface area contributed by atoms with Crippen LogP contribution in [-0.2, 0) is 6.54 Å². The summed E-state index contributed by atoms with van der Waals surface area (Å²) in [5.74, 6) is 8.35. The fourth-order valence-electron chi connectivity index (χ4n) is 3.81. The number of hydrogen-bond donors (Lipinski definition) is 2. The molecule has 17 heavy (non-hydrogen) atoms. The maximum atomic E-state index is 5.79. The smallest absolute Gasteiger partial charge is 0.0662 e. The van der Waals surface area contributed by atoms with Crippen LogP contribution in [-0.4, -0.2) is 9.78 Å². The van der Waals surface area contributed by atoms with Gasteiger partial charge in [0, 0.05) is 12.7 Å². The average molecular weight is 234 g/mol. The summed E-state index contributed by atoms with van der Waals surface area (Å²) in [6, 6.07) is 2.41. The molecule has 1 aromatic rings. The third kappa shape index (κ3) is 1.79. The Kier molecular flexibility index (Phi) is 2.92. The van der Waals surface area contributed by atoms with E-state index in [2.05, 4.69) is 28.2 Å². The van der Waals surface area contributed by atoms with Gasteiger partial charge in [0.1, 0.15) is 0 Å². The van der Waals surface area contributed by atoms with Crippen LogP contribution in [0, 0.1) is 17.8 Å². The number of aryl methyl sites for hydroxylation is 1. The van der Waals surface area contributed by atoms with Crippen molar-refractivity contribution >= 4 is 0 Å². The Bertz CT molecular complexity index is 375. The normalized spacial score (nSPS) is 33.2. The first-order valence-corrected chi connectivity index (χ1v) is 6.84. The Morgan fingerprint density at radius 2 is 2.18 bits per heavy atom. The molecule has 3 atom stereocenters. The fraction of sp³-hybridized carbons (Fsp3) is 0.769. The van der Waals surface area contributed by atoms with Gasteiger partial charge in [-0.05, 0) is 43.6 Å². The Hall–Kier alpha value is -0.870. The maximum Gasteiger partial charge on any atom is 0.0662 e. The molecule has 4 nitrogen and oxygen atoms in total. The highest BCUT2D eigenvalue weighted by Crippen LogP contribution is 2.60. The Labute approximate surface area is 103 Å². The van der Waals surface area contributed by atoms with Gasteiger partial charge in [0.05, 0.1) is 11.7 Å². The molecule has 0 aromatic carbocycles. The Morgan fingerprint density at radius 3 is 2.76 bits per heavy atom. The van der Waals surface area contributed by atoms with Crippen LogP contribution < -0.4 is 11.3 Å². The molecular weight excluding hydrogens is 212 g/mol. The van der Waals surface area contributed by atoms with Gasteiger partial charge in [-0.25, -0.2) is 0 Å². The summed E-state index contributed by atoms with van der Waals surface area (Å²) in [7, 11) is 0. The molecule has 0 radical (unpaired) electrons. The van der Waals surface area contributed by atoms with Crippen molar-refractivity contribution in [2.75, 3.05) is 0 Å². The summed E-state index contributed by atoms with van der Waals surface area (Å²) >= 11 is 0. The molecule has 3 N–H and O–H groups in total. The molecule has 1 aromatic heterocycles. The molecule has 2 fully saturated rings. The van der Waals surface area contributed by atoms with E-state index in [1.807, 2.05) is 6.20 Å². The molecule has 0 bridgehead atoms.